The van der Waals surface area contributed by atoms with Crippen LogP contribution in [0.25, 0.3) is 0 Å². The largest absolute Gasteiger partial charge is 0.480 e. The summed E-state index contributed by atoms with van der Waals surface area (Å²) in [4.78, 5) is 24.2. The fourth-order valence-corrected chi connectivity index (χ4v) is 6.23. The van der Waals surface area contributed by atoms with Gasteiger partial charge in [0.05, 0.1) is 11.4 Å². The number of ether oxygens (including phenoxy) is 1. The van der Waals surface area contributed by atoms with E-state index in [2.05, 4.69) is 6.92 Å². The van der Waals surface area contributed by atoms with Crippen LogP contribution in [0.4, 0.5) is 0 Å². The normalized spacial score (nSPS) is 18.9. The highest BCUT2D eigenvalue weighted by Crippen LogP contribution is 2.30. The lowest BCUT2D eigenvalue weighted by Crippen LogP contribution is -2.40. The molecule has 7 nitrogen and oxygen atoms in total. The van der Waals surface area contributed by atoms with E-state index in [1.165, 1.54) is 57.1 Å². The van der Waals surface area contributed by atoms with Crippen LogP contribution in [-0.4, -0.2) is 48.5 Å². The number of esters is 1. The van der Waals surface area contributed by atoms with Crippen molar-refractivity contribution in [3.8, 4) is 0 Å². The first-order valence-corrected chi connectivity index (χ1v) is 15.0. The summed E-state index contributed by atoms with van der Waals surface area (Å²) in [5.41, 5.74) is 0.851. The number of hydrogen-bond acceptors (Lipinski definition) is 5. The molecule has 1 fully saturated rings. The van der Waals surface area contributed by atoms with Gasteiger partial charge in [-0.25, -0.2) is 8.42 Å². The minimum Gasteiger partial charge on any atom is -0.480 e. The highest BCUT2D eigenvalue weighted by atomic mass is 32.2. The quantitative estimate of drug-likeness (QED) is 0.222. The molecule has 0 saturated carbocycles. The summed E-state index contributed by atoms with van der Waals surface area (Å²) >= 11 is 0. The molecule has 1 heterocycles. The van der Waals surface area contributed by atoms with Crippen LogP contribution in [-0.2, 0) is 29.8 Å². The molecule has 1 aromatic carbocycles. The third-order valence-corrected chi connectivity index (χ3v) is 8.75. The van der Waals surface area contributed by atoms with Gasteiger partial charge in [-0.1, -0.05) is 97.6 Å². The van der Waals surface area contributed by atoms with Crippen molar-refractivity contribution in [1.82, 2.24) is 4.31 Å². The molecule has 0 radical (unpaired) electrons. The third-order valence-electron chi connectivity index (χ3n) is 6.86. The summed E-state index contributed by atoms with van der Waals surface area (Å²) in [6, 6.07) is 5.27. The van der Waals surface area contributed by atoms with Crippen LogP contribution in [0.15, 0.2) is 29.2 Å². The molecule has 0 aliphatic carbocycles. The number of sulfonamides is 1. The number of carboxylic acids is 1. The van der Waals surface area contributed by atoms with E-state index in [9.17, 15) is 23.1 Å². The van der Waals surface area contributed by atoms with Gasteiger partial charge < -0.3 is 9.84 Å². The minimum absolute atomic E-state index is 0.0408. The number of benzene rings is 1. The van der Waals surface area contributed by atoms with E-state index < -0.39 is 34.1 Å². The predicted octanol–water partition coefficient (Wildman–Crippen LogP) is 6.05. The maximum atomic E-state index is 13.2. The lowest BCUT2D eigenvalue weighted by molar-refractivity contribution is -0.149. The molecule has 0 bridgehead atoms. The number of carbonyl (C=O) groups excluding carboxylic acids is 1. The highest BCUT2D eigenvalue weighted by molar-refractivity contribution is 7.89. The minimum atomic E-state index is -4.04. The second kappa shape index (κ2) is 14.1. The van der Waals surface area contributed by atoms with Gasteiger partial charge in [0.15, 0.2) is 0 Å². The number of rotatable bonds is 15. The van der Waals surface area contributed by atoms with E-state index >= 15 is 0 Å². The van der Waals surface area contributed by atoms with Crippen molar-refractivity contribution in [2.45, 2.75) is 127 Å². The number of carboxylic acid groups (broad SMARTS) is 1. The fourth-order valence-electron chi connectivity index (χ4n) is 4.61. The Bertz CT molecular complexity index is 936. The van der Waals surface area contributed by atoms with Gasteiger partial charge >= 0.3 is 11.9 Å². The van der Waals surface area contributed by atoms with Crippen LogP contribution in [0.2, 0.25) is 0 Å². The van der Waals surface area contributed by atoms with Crippen molar-refractivity contribution in [3.63, 3.8) is 0 Å². The van der Waals surface area contributed by atoms with Gasteiger partial charge in [0.1, 0.15) is 12.1 Å². The first-order chi connectivity index (χ1) is 17.0. The second-order valence-corrected chi connectivity index (χ2v) is 12.9. The highest BCUT2D eigenvalue weighted by Gasteiger charge is 2.45. The van der Waals surface area contributed by atoms with Gasteiger partial charge in [-0.3, -0.25) is 9.59 Å². The molecule has 1 aliphatic rings. The monoisotopic (exact) mass is 523 g/mol. The molecule has 0 aromatic heterocycles. The number of unbranched alkanes of at least 4 members (excludes halogenated alkanes) is 9. The van der Waals surface area contributed by atoms with Crippen molar-refractivity contribution in [1.29, 1.82) is 0 Å². The summed E-state index contributed by atoms with van der Waals surface area (Å²) in [6.45, 7) is 8.17. The summed E-state index contributed by atoms with van der Waals surface area (Å²) < 4.78 is 32.9. The van der Waals surface area contributed by atoms with Crippen molar-refractivity contribution in [2.24, 2.45) is 0 Å². The molecule has 0 spiro atoms. The SMILES string of the molecule is CCCCCCCCCCCCC(=O)O[C@@H]1C[C@@H](C(=O)O)N(S(=O)(=O)c2ccc(C(C)(C)C)cc2)C1. The molecule has 36 heavy (non-hydrogen) atoms. The Morgan fingerprint density at radius 3 is 1.97 bits per heavy atom. The Morgan fingerprint density at radius 2 is 1.47 bits per heavy atom. The summed E-state index contributed by atoms with van der Waals surface area (Å²) in [6.07, 6.45) is 11.1. The zero-order chi connectivity index (χ0) is 26.8. The molecule has 0 unspecified atom stereocenters. The number of carbonyl (C=O) groups is 2. The number of nitrogens with zero attached hydrogens (tertiary/aromatic N) is 1. The maximum Gasteiger partial charge on any atom is 0.322 e. The molecule has 204 valence electrons. The van der Waals surface area contributed by atoms with Crippen molar-refractivity contribution in [2.75, 3.05) is 6.54 Å². The Labute approximate surface area is 217 Å². The zero-order valence-corrected chi connectivity index (χ0v) is 23.3. The van der Waals surface area contributed by atoms with Gasteiger partial charge in [0.25, 0.3) is 0 Å². The van der Waals surface area contributed by atoms with E-state index in [-0.39, 0.29) is 29.7 Å². The van der Waals surface area contributed by atoms with Crippen LogP contribution in [0, 0.1) is 0 Å². The molecule has 1 N–H and O–H groups in total. The van der Waals surface area contributed by atoms with Crippen molar-refractivity contribution >= 4 is 22.0 Å². The first-order valence-electron chi connectivity index (χ1n) is 13.5. The maximum absolute atomic E-state index is 13.2. The van der Waals surface area contributed by atoms with Crippen LogP contribution in [0.1, 0.15) is 110 Å². The summed E-state index contributed by atoms with van der Waals surface area (Å²) in [7, 11) is -4.04. The Hall–Kier alpha value is -1.93. The fraction of sp³-hybridized carbons (Fsp3) is 0.714. The standard InChI is InChI=1S/C28H45NO6S/c1-5-6-7-8-9-10-11-12-13-14-15-26(30)35-23-20-25(27(31)32)29(21-23)36(33,34)24-18-16-22(17-19-24)28(2,3)4/h16-19,23,25H,5-15,20-21H2,1-4H3,(H,31,32)/t23-,25+/m1/s1. The average Bonchev–Trinajstić information content (AvgIpc) is 3.25. The Balaban J connectivity index is 1.83. The topological polar surface area (TPSA) is 101 Å². The third kappa shape index (κ3) is 9.18. The molecule has 8 heteroatoms. The lowest BCUT2D eigenvalue weighted by Gasteiger charge is -2.22. The Kier molecular flexibility index (Phi) is 11.9. The number of aliphatic carboxylic acids is 1. The van der Waals surface area contributed by atoms with Crippen LogP contribution < -0.4 is 0 Å². The van der Waals surface area contributed by atoms with Crippen LogP contribution in [0.5, 0.6) is 0 Å². The van der Waals surface area contributed by atoms with E-state index in [4.69, 9.17) is 4.74 Å². The van der Waals surface area contributed by atoms with Gasteiger partial charge in [0, 0.05) is 12.8 Å². The molecule has 2 atom stereocenters. The molecule has 0 amide bonds. The van der Waals surface area contributed by atoms with E-state index in [1.54, 1.807) is 12.1 Å². The smallest absolute Gasteiger partial charge is 0.322 e. The van der Waals surface area contributed by atoms with E-state index in [1.807, 2.05) is 20.8 Å². The number of hydrogen-bond donors (Lipinski definition) is 1. The van der Waals surface area contributed by atoms with Crippen molar-refractivity contribution in [3.05, 3.63) is 29.8 Å². The molecule has 2 rings (SSSR count). The first kappa shape index (κ1) is 30.3. The molecular weight excluding hydrogens is 478 g/mol. The average molecular weight is 524 g/mol. The zero-order valence-electron chi connectivity index (χ0n) is 22.5. The second-order valence-electron chi connectivity index (χ2n) is 11.0. The van der Waals surface area contributed by atoms with Gasteiger partial charge in [-0.05, 0) is 29.5 Å². The predicted molar refractivity (Wildman–Crippen MR) is 141 cm³/mol. The Morgan fingerprint density at radius 1 is 0.944 bits per heavy atom. The van der Waals surface area contributed by atoms with Crippen LogP contribution >= 0.6 is 0 Å². The van der Waals surface area contributed by atoms with Gasteiger partial charge in [-0.15, -0.1) is 0 Å². The summed E-state index contributed by atoms with van der Waals surface area (Å²) in [5, 5.41) is 9.65. The van der Waals surface area contributed by atoms with E-state index in [0.717, 1.165) is 29.1 Å². The molecule has 1 aliphatic heterocycles. The van der Waals surface area contributed by atoms with E-state index in [0.29, 0.717) is 0 Å². The van der Waals surface area contributed by atoms with Crippen molar-refractivity contribution < 1.29 is 27.9 Å². The molecule has 1 aromatic rings. The van der Waals surface area contributed by atoms with Crippen LogP contribution in [0.3, 0.4) is 0 Å². The molecular formula is C28H45NO6S. The van der Waals surface area contributed by atoms with Gasteiger partial charge in [-0.2, -0.15) is 4.31 Å². The van der Waals surface area contributed by atoms with Gasteiger partial charge in [0.2, 0.25) is 10.0 Å². The summed E-state index contributed by atoms with van der Waals surface area (Å²) in [5.74, 6) is -1.63. The lowest BCUT2D eigenvalue weighted by atomic mass is 9.87. The molecule has 1 saturated heterocycles.